The highest BCUT2D eigenvalue weighted by molar-refractivity contribution is 7.89. The maximum absolute atomic E-state index is 13.1. The molecule has 1 N–H and O–H groups in total. The van der Waals surface area contributed by atoms with Gasteiger partial charge in [0.05, 0.1) is 32.8 Å². The van der Waals surface area contributed by atoms with Crippen molar-refractivity contribution in [3.8, 4) is 5.75 Å². The van der Waals surface area contributed by atoms with Crippen molar-refractivity contribution < 1.29 is 22.7 Å². The normalized spacial score (nSPS) is 19.5. The number of morpholine rings is 1. The van der Waals surface area contributed by atoms with Crippen LogP contribution in [0.4, 0.5) is 0 Å². The van der Waals surface area contributed by atoms with Crippen molar-refractivity contribution in [3.05, 3.63) is 59.2 Å². The van der Waals surface area contributed by atoms with Gasteiger partial charge in [-0.1, -0.05) is 30.3 Å². The number of carbonyl (C=O) groups excluding carboxylic acids is 1. The molecule has 2 aromatic carbocycles. The van der Waals surface area contributed by atoms with Gasteiger partial charge in [0, 0.05) is 13.1 Å². The van der Waals surface area contributed by atoms with Crippen molar-refractivity contribution >= 4 is 15.9 Å². The van der Waals surface area contributed by atoms with Gasteiger partial charge < -0.3 is 14.8 Å². The van der Waals surface area contributed by atoms with E-state index in [1.54, 1.807) is 18.2 Å². The number of fused-ring (bicyclic) bond motifs is 1. The standard InChI is InChI=1S/C23H28N2O5S/c1-29-21-10-9-17(15-22(21)31(27,28)25-11-13-30-14-12-25)16-23(26)24-20-8-4-6-18-5-2-3-7-19(18)20/h2-3,5,7,9-10,15,20H,4,6,8,11-14,16H2,1H3,(H,24,26). The van der Waals surface area contributed by atoms with Gasteiger partial charge in [-0.2, -0.15) is 4.31 Å². The molecule has 0 spiro atoms. The van der Waals surface area contributed by atoms with Gasteiger partial charge in [-0.15, -0.1) is 0 Å². The van der Waals surface area contributed by atoms with Crippen LogP contribution in [0.25, 0.3) is 0 Å². The SMILES string of the molecule is COc1ccc(CC(=O)NC2CCCc3ccccc32)cc1S(=O)(=O)N1CCOCC1. The zero-order valence-corrected chi connectivity index (χ0v) is 18.5. The lowest BCUT2D eigenvalue weighted by atomic mass is 9.87. The molecule has 2 aromatic rings. The summed E-state index contributed by atoms with van der Waals surface area (Å²) in [6.07, 6.45) is 3.08. The summed E-state index contributed by atoms with van der Waals surface area (Å²) in [7, 11) is -2.29. The topological polar surface area (TPSA) is 84.9 Å². The Balaban J connectivity index is 1.52. The van der Waals surface area contributed by atoms with Crippen LogP contribution < -0.4 is 10.1 Å². The molecule has 1 aliphatic carbocycles. The third kappa shape index (κ3) is 4.76. The van der Waals surface area contributed by atoms with Crippen LogP contribution >= 0.6 is 0 Å². The molecule has 1 amide bonds. The van der Waals surface area contributed by atoms with Gasteiger partial charge in [-0.3, -0.25) is 4.79 Å². The quantitative estimate of drug-likeness (QED) is 0.740. The zero-order valence-electron chi connectivity index (χ0n) is 17.7. The van der Waals surface area contributed by atoms with E-state index in [0.29, 0.717) is 31.9 Å². The first-order chi connectivity index (χ1) is 15.0. The number of rotatable bonds is 6. The number of benzene rings is 2. The van der Waals surface area contributed by atoms with Crippen LogP contribution in [0, 0.1) is 0 Å². The number of hydrogen-bond donors (Lipinski definition) is 1. The van der Waals surface area contributed by atoms with E-state index in [2.05, 4.69) is 17.4 Å². The molecule has 0 bridgehead atoms. The van der Waals surface area contributed by atoms with Gasteiger partial charge in [0.25, 0.3) is 0 Å². The maximum atomic E-state index is 13.1. The maximum Gasteiger partial charge on any atom is 0.246 e. The van der Waals surface area contributed by atoms with E-state index in [0.717, 1.165) is 19.3 Å². The minimum absolute atomic E-state index is 0.00717. The summed E-state index contributed by atoms with van der Waals surface area (Å²) >= 11 is 0. The summed E-state index contributed by atoms with van der Waals surface area (Å²) < 4.78 is 38.3. The van der Waals surface area contributed by atoms with Crippen LogP contribution in [-0.2, 0) is 32.4 Å². The average Bonchev–Trinajstić information content (AvgIpc) is 2.80. The van der Waals surface area contributed by atoms with Crippen LogP contribution in [-0.4, -0.2) is 52.0 Å². The van der Waals surface area contributed by atoms with Gasteiger partial charge in [0.1, 0.15) is 10.6 Å². The molecule has 2 aliphatic rings. The molecule has 1 aliphatic heterocycles. The molecule has 31 heavy (non-hydrogen) atoms. The first-order valence-corrected chi connectivity index (χ1v) is 12.0. The summed E-state index contributed by atoms with van der Waals surface area (Å²) in [6, 6.07) is 13.1. The van der Waals surface area contributed by atoms with Crippen LogP contribution in [0.5, 0.6) is 5.75 Å². The number of amides is 1. The zero-order chi connectivity index (χ0) is 21.8. The van der Waals surface area contributed by atoms with Crippen molar-refractivity contribution in [1.29, 1.82) is 0 Å². The Morgan fingerprint density at radius 1 is 1.19 bits per heavy atom. The Morgan fingerprint density at radius 3 is 2.74 bits per heavy atom. The number of nitrogens with one attached hydrogen (secondary N) is 1. The summed E-state index contributed by atoms with van der Waals surface area (Å²) in [6.45, 7) is 1.34. The summed E-state index contributed by atoms with van der Waals surface area (Å²) in [4.78, 5) is 12.9. The molecule has 0 aromatic heterocycles. The van der Waals surface area contributed by atoms with Crippen molar-refractivity contribution in [2.75, 3.05) is 33.4 Å². The predicted octanol–water partition coefficient (Wildman–Crippen LogP) is 2.45. The molecule has 8 heteroatoms. The lowest BCUT2D eigenvalue weighted by Gasteiger charge is -2.27. The molecule has 4 rings (SSSR count). The average molecular weight is 445 g/mol. The van der Waals surface area contributed by atoms with Crippen molar-refractivity contribution in [2.24, 2.45) is 0 Å². The van der Waals surface area contributed by atoms with E-state index in [9.17, 15) is 13.2 Å². The van der Waals surface area contributed by atoms with E-state index in [1.807, 2.05) is 12.1 Å². The molecule has 1 fully saturated rings. The van der Waals surface area contributed by atoms with Gasteiger partial charge in [-0.05, 0) is 48.1 Å². The van der Waals surface area contributed by atoms with Gasteiger partial charge in [-0.25, -0.2) is 8.42 Å². The fourth-order valence-electron chi connectivity index (χ4n) is 4.29. The molecule has 166 valence electrons. The molecule has 1 unspecified atom stereocenters. The van der Waals surface area contributed by atoms with Gasteiger partial charge in [0.15, 0.2) is 0 Å². The summed E-state index contributed by atoms with van der Waals surface area (Å²) in [5.74, 6) is 0.151. The lowest BCUT2D eigenvalue weighted by Crippen LogP contribution is -2.40. The Kier molecular flexibility index (Phi) is 6.60. The van der Waals surface area contributed by atoms with Crippen molar-refractivity contribution in [2.45, 2.75) is 36.6 Å². The molecular formula is C23H28N2O5S. The third-order valence-corrected chi connectivity index (χ3v) is 7.81. The van der Waals surface area contributed by atoms with Crippen LogP contribution in [0.15, 0.2) is 47.4 Å². The van der Waals surface area contributed by atoms with E-state index < -0.39 is 10.0 Å². The molecule has 1 heterocycles. The Morgan fingerprint density at radius 2 is 1.97 bits per heavy atom. The molecule has 1 saturated heterocycles. The number of aryl methyl sites for hydroxylation is 1. The largest absolute Gasteiger partial charge is 0.495 e. The van der Waals surface area contributed by atoms with E-state index in [1.165, 1.54) is 22.5 Å². The van der Waals surface area contributed by atoms with E-state index in [4.69, 9.17) is 9.47 Å². The monoisotopic (exact) mass is 444 g/mol. The van der Waals surface area contributed by atoms with E-state index in [-0.39, 0.29) is 29.0 Å². The summed E-state index contributed by atoms with van der Waals surface area (Å²) in [5.41, 5.74) is 3.09. The highest BCUT2D eigenvalue weighted by Crippen LogP contribution is 2.31. The number of sulfonamides is 1. The molecule has 7 nitrogen and oxygen atoms in total. The fourth-order valence-corrected chi connectivity index (χ4v) is 5.91. The second-order valence-corrected chi connectivity index (χ2v) is 9.80. The van der Waals surface area contributed by atoms with Gasteiger partial charge >= 0.3 is 0 Å². The molecule has 1 atom stereocenters. The number of ether oxygens (including phenoxy) is 2. The smallest absolute Gasteiger partial charge is 0.246 e. The van der Waals surface area contributed by atoms with Crippen molar-refractivity contribution in [1.82, 2.24) is 9.62 Å². The first-order valence-electron chi connectivity index (χ1n) is 10.6. The molecule has 0 radical (unpaired) electrons. The van der Waals surface area contributed by atoms with Crippen LogP contribution in [0.2, 0.25) is 0 Å². The van der Waals surface area contributed by atoms with E-state index >= 15 is 0 Å². The highest BCUT2D eigenvalue weighted by atomic mass is 32.2. The number of hydrogen-bond acceptors (Lipinski definition) is 5. The lowest BCUT2D eigenvalue weighted by molar-refractivity contribution is -0.121. The third-order valence-electron chi connectivity index (χ3n) is 5.89. The predicted molar refractivity (Wildman–Crippen MR) is 117 cm³/mol. The highest BCUT2D eigenvalue weighted by Gasteiger charge is 2.30. The molecular weight excluding hydrogens is 416 g/mol. The van der Waals surface area contributed by atoms with Gasteiger partial charge in [0.2, 0.25) is 15.9 Å². The minimum atomic E-state index is -3.73. The number of carbonyl (C=O) groups is 1. The Hall–Kier alpha value is -2.42. The fraction of sp³-hybridized carbons (Fsp3) is 0.435. The second kappa shape index (κ2) is 9.38. The molecule has 0 saturated carbocycles. The van der Waals surface area contributed by atoms with Crippen LogP contribution in [0.3, 0.4) is 0 Å². The summed E-state index contributed by atoms with van der Waals surface area (Å²) in [5, 5.41) is 3.13. The number of methoxy groups -OCH3 is 1. The van der Waals surface area contributed by atoms with Crippen molar-refractivity contribution in [3.63, 3.8) is 0 Å². The van der Waals surface area contributed by atoms with Crippen LogP contribution in [0.1, 0.15) is 35.6 Å². The Bertz CT molecular complexity index is 1050. The Labute approximate surface area is 183 Å². The second-order valence-electron chi connectivity index (χ2n) is 7.89. The number of nitrogens with zero attached hydrogens (tertiary/aromatic N) is 1. The minimum Gasteiger partial charge on any atom is -0.495 e. The first kappa shape index (κ1) is 21.8.